The van der Waals surface area contributed by atoms with Crippen LogP contribution in [0, 0.1) is 0 Å². The second-order valence-corrected chi connectivity index (χ2v) is 7.56. The highest BCUT2D eigenvalue weighted by atomic mass is 79.9. The Kier molecular flexibility index (Phi) is 6.08. The maximum Gasteiger partial charge on any atom is 0.220 e. The highest BCUT2D eigenvalue weighted by Crippen LogP contribution is 2.33. The van der Waals surface area contributed by atoms with Crippen LogP contribution in [0.25, 0.3) is 0 Å². The maximum atomic E-state index is 10.7. The summed E-state index contributed by atoms with van der Waals surface area (Å²) in [7, 11) is 0. The van der Waals surface area contributed by atoms with Crippen molar-refractivity contribution in [1.29, 1.82) is 0 Å². The molecule has 1 amide bonds. The van der Waals surface area contributed by atoms with Gasteiger partial charge in [0.25, 0.3) is 0 Å². The van der Waals surface area contributed by atoms with Crippen LogP contribution in [0.5, 0.6) is 5.75 Å². The van der Waals surface area contributed by atoms with E-state index >= 15 is 0 Å². The topological polar surface area (TPSA) is 64.4 Å². The second-order valence-electron chi connectivity index (χ2n) is 4.25. The molecule has 4 nitrogen and oxygen atoms in total. The van der Waals surface area contributed by atoms with E-state index in [1.807, 2.05) is 24.3 Å². The zero-order valence-electron chi connectivity index (χ0n) is 11.1. The number of carbonyl (C=O) groups is 1. The summed E-state index contributed by atoms with van der Waals surface area (Å²) < 4.78 is 7.71. The fourth-order valence-corrected chi connectivity index (χ4v) is 3.78. The number of nitrogens with two attached hydrogens (primary N) is 1. The molecule has 0 aliphatic carbocycles. The van der Waals surface area contributed by atoms with E-state index in [9.17, 15) is 4.79 Å². The van der Waals surface area contributed by atoms with Gasteiger partial charge in [-0.1, -0.05) is 12.1 Å². The van der Waals surface area contributed by atoms with E-state index in [0.29, 0.717) is 12.3 Å². The fraction of sp³-hybridized carbons (Fsp3) is 0.214. The van der Waals surface area contributed by atoms with Crippen LogP contribution in [-0.2, 0) is 11.3 Å². The summed E-state index contributed by atoms with van der Waals surface area (Å²) in [6, 6.07) is 9.70. The standard InChI is InChI=1S/C14H14Br2N2O2S/c15-10-7-9(21-14(10)16)8-18-11-3-1-2-4-12(11)20-6-5-13(17)19/h1-4,7,18H,5-6,8H2,(H2,17,19). The van der Waals surface area contributed by atoms with E-state index in [-0.39, 0.29) is 18.9 Å². The van der Waals surface area contributed by atoms with Crippen LogP contribution in [-0.4, -0.2) is 12.5 Å². The molecule has 2 rings (SSSR count). The van der Waals surface area contributed by atoms with E-state index in [0.717, 1.165) is 13.9 Å². The Morgan fingerprint density at radius 3 is 2.76 bits per heavy atom. The number of ether oxygens (including phenoxy) is 1. The summed E-state index contributed by atoms with van der Waals surface area (Å²) in [5.41, 5.74) is 6.00. The number of amides is 1. The average molecular weight is 434 g/mol. The van der Waals surface area contributed by atoms with Crippen LogP contribution >= 0.6 is 43.2 Å². The van der Waals surface area contributed by atoms with Crippen LogP contribution in [0.3, 0.4) is 0 Å². The molecule has 0 radical (unpaired) electrons. The molecule has 0 unspecified atom stereocenters. The van der Waals surface area contributed by atoms with Crippen LogP contribution in [0.4, 0.5) is 5.69 Å². The quantitative estimate of drug-likeness (QED) is 0.689. The molecule has 112 valence electrons. The first-order valence-corrected chi connectivity index (χ1v) is 8.64. The summed E-state index contributed by atoms with van der Waals surface area (Å²) >= 11 is 8.62. The normalized spacial score (nSPS) is 10.4. The average Bonchev–Trinajstić information content (AvgIpc) is 2.76. The molecule has 0 aliphatic rings. The molecule has 0 saturated heterocycles. The summed E-state index contributed by atoms with van der Waals surface area (Å²) in [6.07, 6.45) is 0.207. The van der Waals surface area contributed by atoms with Crippen molar-refractivity contribution in [3.05, 3.63) is 43.5 Å². The molecular formula is C14H14Br2N2O2S. The van der Waals surface area contributed by atoms with E-state index in [1.54, 1.807) is 11.3 Å². The third kappa shape index (κ3) is 5.01. The minimum absolute atomic E-state index is 0.207. The summed E-state index contributed by atoms with van der Waals surface area (Å²) in [6.45, 7) is 0.981. The van der Waals surface area contributed by atoms with E-state index < -0.39 is 0 Å². The highest BCUT2D eigenvalue weighted by molar-refractivity contribution is 9.13. The molecule has 0 saturated carbocycles. The lowest BCUT2D eigenvalue weighted by molar-refractivity contribution is -0.118. The van der Waals surface area contributed by atoms with Gasteiger partial charge in [0.15, 0.2) is 0 Å². The van der Waals surface area contributed by atoms with Crippen molar-refractivity contribution < 1.29 is 9.53 Å². The van der Waals surface area contributed by atoms with Crippen molar-refractivity contribution in [2.75, 3.05) is 11.9 Å². The number of nitrogens with one attached hydrogen (secondary N) is 1. The first-order chi connectivity index (χ1) is 10.1. The number of carbonyl (C=O) groups excluding carboxylic acids is 1. The number of rotatable bonds is 7. The van der Waals surface area contributed by atoms with Gasteiger partial charge in [0, 0.05) is 15.9 Å². The Morgan fingerprint density at radius 1 is 1.33 bits per heavy atom. The number of hydrogen-bond donors (Lipinski definition) is 2. The van der Waals surface area contributed by atoms with Gasteiger partial charge in [-0.05, 0) is 50.1 Å². The van der Waals surface area contributed by atoms with Gasteiger partial charge in [0.1, 0.15) is 5.75 Å². The lowest BCUT2D eigenvalue weighted by Gasteiger charge is -2.12. The minimum atomic E-state index is -0.367. The zero-order valence-corrected chi connectivity index (χ0v) is 15.1. The lowest BCUT2D eigenvalue weighted by Crippen LogP contribution is -2.15. The monoisotopic (exact) mass is 432 g/mol. The van der Waals surface area contributed by atoms with Crippen LogP contribution < -0.4 is 15.8 Å². The number of benzene rings is 1. The molecule has 0 spiro atoms. The van der Waals surface area contributed by atoms with Crippen molar-refractivity contribution >= 4 is 54.8 Å². The van der Waals surface area contributed by atoms with Crippen molar-refractivity contribution in [2.45, 2.75) is 13.0 Å². The Labute approximate surface area is 143 Å². The first kappa shape index (κ1) is 16.3. The number of anilines is 1. The largest absolute Gasteiger partial charge is 0.491 e. The van der Waals surface area contributed by atoms with Crippen LogP contribution in [0.2, 0.25) is 0 Å². The Hall–Kier alpha value is -1.05. The maximum absolute atomic E-state index is 10.7. The molecule has 2 aromatic rings. The fourth-order valence-electron chi connectivity index (χ4n) is 1.66. The highest BCUT2D eigenvalue weighted by Gasteiger charge is 2.07. The second kappa shape index (κ2) is 7.82. The molecule has 0 bridgehead atoms. The van der Waals surface area contributed by atoms with Crippen molar-refractivity contribution in [3.8, 4) is 5.75 Å². The number of para-hydroxylation sites is 2. The molecular weight excluding hydrogens is 420 g/mol. The number of halogens is 2. The molecule has 1 aromatic carbocycles. The van der Waals surface area contributed by atoms with Gasteiger partial charge in [-0.2, -0.15) is 0 Å². The van der Waals surface area contributed by atoms with Gasteiger partial charge in [0.2, 0.25) is 5.91 Å². The molecule has 0 fully saturated rings. The smallest absolute Gasteiger partial charge is 0.220 e. The van der Waals surface area contributed by atoms with Gasteiger partial charge in [-0.15, -0.1) is 11.3 Å². The summed E-state index contributed by atoms with van der Waals surface area (Å²) in [5.74, 6) is 0.349. The third-order valence-electron chi connectivity index (χ3n) is 2.64. The Morgan fingerprint density at radius 2 is 2.10 bits per heavy atom. The lowest BCUT2D eigenvalue weighted by atomic mass is 10.3. The molecule has 1 aromatic heterocycles. The Bertz CT molecular complexity index is 612. The predicted octanol–water partition coefficient (Wildman–Crippen LogP) is 4.14. The van der Waals surface area contributed by atoms with E-state index in [1.165, 1.54) is 4.88 Å². The first-order valence-electron chi connectivity index (χ1n) is 6.24. The SMILES string of the molecule is NC(=O)CCOc1ccccc1NCc1cc(Br)c(Br)s1. The van der Waals surface area contributed by atoms with Crippen molar-refractivity contribution in [1.82, 2.24) is 0 Å². The van der Waals surface area contributed by atoms with Crippen LogP contribution in [0.1, 0.15) is 11.3 Å². The summed E-state index contributed by atoms with van der Waals surface area (Å²) in [5, 5.41) is 3.34. The molecule has 21 heavy (non-hydrogen) atoms. The predicted molar refractivity (Wildman–Crippen MR) is 92.8 cm³/mol. The van der Waals surface area contributed by atoms with Crippen molar-refractivity contribution in [3.63, 3.8) is 0 Å². The molecule has 0 aliphatic heterocycles. The van der Waals surface area contributed by atoms with Gasteiger partial charge in [0.05, 0.1) is 22.5 Å². The van der Waals surface area contributed by atoms with E-state index in [2.05, 4.69) is 43.2 Å². The number of thiophene rings is 1. The van der Waals surface area contributed by atoms with Gasteiger partial charge in [-0.25, -0.2) is 0 Å². The van der Waals surface area contributed by atoms with Gasteiger partial charge >= 0.3 is 0 Å². The zero-order chi connectivity index (χ0) is 15.2. The number of primary amides is 1. The van der Waals surface area contributed by atoms with Crippen molar-refractivity contribution in [2.24, 2.45) is 5.73 Å². The van der Waals surface area contributed by atoms with E-state index in [4.69, 9.17) is 10.5 Å². The minimum Gasteiger partial charge on any atom is -0.491 e. The number of hydrogen-bond acceptors (Lipinski definition) is 4. The molecule has 1 heterocycles. The van der Waals surface area contributed by atoms with Gasteiger partial charge < -0.3 is 15.8 Å². The molecule has 0 atom stereocenters. The Balaban J connectivity index is 1.97. The van der Waals surface area contributed by atoms with Gasteiger partial charge in [-0.3, -0.25) is 4.79 Å². The third-order valence-corrected chi connectivity index (χ3v) is 5.90. The molecule has 3 N–H and O–H groups in total. The van der Waals surface area contributed by atoms with Crippen LogP contribution in [0.15, 0.2) is 38.6 Å². The molecule has 7 heteroatoms. The summed E-state index contributed by atoms with van der Waals surface area (Å²) in [4.78, 5) is 11.9.